The van der Waals surface area contributed by atoms with Gasteiger partial charge in [0.25, 0.3) is 0 Å². The molecule has 13 heavy (non-hydrogen) atoms. The van der Waals surface area contributed by atoms with Gasteiger partial charge >= 0.3 is 5.97 Å². The Hall–Kier alpha value is -0.810. The largest absolute Gasteiger partial charge is 0.479 e. The Morgan fingerprint density at radius 3 is 2.85 bits per heavy atom. The predicted molar refractivity (Wildman–Crippen MR) is 45.7 cm³/mol. The lowest BCUT2D eigenvalue weighted by Crippen LogP contribution is -2.49. The first kappa shape index (κ1) is 10.3. The van der Waals surface area contributed by atoms with Gasteiger partial charge in [0.15, 0.2) is 6.10 Å². The van der Waals surface area contributed by atoms with Crippen molar-refractivity contribution in [3.63, 3.8) is 0 Å². The predicted octanol–water partition coefficient (Wildman–Crippen LogP) is 0.553. The van der Waals surface area contributed by atoms with E-state index in [1.54, 1.807) is 6.92 Å². The van der Waals surface area contributed by atoms with Crippen LogP contribution in [0, 0.1) is 0 Å². The summed E-state index contributed by atoms with van der Waals surface area (Å²) in [5, 5.41) is 22.0. The van der Waals surface area contributed by atoms with Gasteiger partial charge in [-0.05, 0) is 6.42 Å². The number of hydrogen-bond acceptors (Lipinski definition) is 4. The van der Waals surface area contributed by atoms with Gasteiger partial charge in [-0.2, -0.15) is 0 Å². The summed E-state index contributed by atoms with van der Waals surface area (Å²) < 4.78 is 0. The summed E-state index contributed by atoms with van der Waals surface area (Å²) in [6.45, 7) is 1.56. The van der Waals surface area contributed by atoms with E-state index in [0.29, 0.717) is 0 Å². The van der Waals surface area contributed by atoms with Crippen molar-refractivity contribution in [1.82, 2.24) is 0 Å². The van der Waals surface area contributed by atoms with Crippen LogP contribution in [0.5, 0.6) is 0 Å². The molecule has 0 aromatic heterocycles. The lowest BCUT2D eigenvalue weighted by atomic mass is 9.92. The highest BCUT2D eigenvalue weighted by molar-refractivity contribution is 6.65. The van der Waals surface area contributed by atoms with Gasteiger partial charge in [0.1, 0.15) is 5.17 Å². The average Bonchev–Trinajstić information content (AvgIpc) is 2.50. The summed E-state index contributed by atoms with van der Waals surface area (Å²) in [5.41, 5.74) is -1.90. The molecule has 0 bridgehead atoms. The van der Waals surface area contributed by atoms with Crippen LogP contribution in [0.25, 0.3) is 0 Å². The molecule has 74 valence electrons. The maximum absolute atomic E-state index is 10.7. The van der Waals surface area contributed by atoms with E-state index in [2.05, 4.69) is 5.16 Å². The van der Waals surface area contributed by atoms with E-state index in [-0.39, 0.29) is 18.0 Å². The van der Waals surface area contributed by atoms with Crippen LogP contribution in [-0.2, 0) is 9.63 Å². The molecule has 2 atom stereocenters. The van der Waals surface area contributed by atoms with Crippen molar-refractivity contribution in [3.8, 4) is 0 Å². The van der Waals surface area contributed by atoms with Crippen LogP contribution >= 0.6 is 11.6 Å². The standard InChI is InChI=1S/C7H10ClNO4/c1-2-7(12,6(10)11)4-3-5(8)9-13-4/h4,12H,2-3H2,1H3,(H,10,11). The maximum atomic E-state index is 10.7. The Morgan fingerprint density at radius 1 is 1.92 bits per heavy atom. The van der Waals surface area contributed by atoms with Crippen molar-refractivity contribution in [2.45, 2.75) is 31.5 Å². The topological polar surface area (TPSA) is 79.1 Å². The summed E-state index contributed by atoms with van der Waals surface area (Å²) >= 11 is 5.50. The molecule has 0 radical (unpaired) electrons. The fraction of sp³-hybridized carbons (Fsp3) is 0.714. The van der Waals surface area contributed by atoms with Crippen LogP contribution in [0.15, 0.2) is 5.16 Å². The highest BCUT2D eigenvalue weighted by Crippen LogP contribution is 2.26. The van der Waals surface area contributed by atoms with E-state index in [0.717, 1.165) is 0 Å². The molecule has 5 nitrogen and oxygen atoms in total. The summed E-state index contributed by atoms with van der Waals surface area (Å²) in [6.07, 6.45) is -0.701. The fourth-order valence-corrected chi connectivity index (χ4v) is 1.30. The third kappa shape index (κ3) is 1.76. The number of nitrogens with zero attached hydrogens (tertiary/aromatic N) is 1. The number of carboxylic acids is 1. The first-order valence-corrected chi connectivity index (χ1v) is 4.22. The van der Waals surface area contributed by atoms with Gasteiger partial charge in [0.2, 0.25) is 5.60 Å². The van der Waals surface area contributed by atoms with Gasteiger partial charge < -0.3 is 15.1 Å². The summed E-state index contributed by atoms with van der Waals surface area (Å²) in [7, 11) is 0. The lowest BCUT2D eigenvalue weighted by Gasteiger charge is -2.25. The molecular weight excluding hydrogens is 198 g/mol. The van der Waals surface area contributed by atoms with Gasteiger partial charge in [-0.15, -0.1) is 0 Å². The quantitative estimate of drug-likeness (QED) is 0.709. The molecule has 0 aromatic carbocycles. The second-order valence-electron chi connectivity index (χ2n) is 2.85. The van der Waals surface area contributed by atoms with Crippen molar-refractivity contribution in [1.29, 1.82) is 0 Å². The zero-order valence-electron chi connectivity index (χ0n) is 7.03. The molecule has 1 aliphatic heterocycles. The van der Waals surface area contributed by atoms with Crippen LogP contribution in [0.1, 0.15) is 19.8 Å². The number of carboxylic acid groups (broad SMARTS) is 1. The Kier molecular flexibility index (Phi) is 2.77. The Balaban J connectivity index is 2.74. The molecule has 1 aliphatic rings. The summed E-state index contributed by atoms with van der Waals surface area (Å²) in [4.78, 5) is 15.4. The zero-order chi connectivity index (χ0) is 10.1. The lowest BCUT2D eigenvalue weighted by molar-refractivity contribution is -0.175. The number of hydrogen-bond donors (Lipinski definition) is 2. The van der Waals surface area contributed by atoms with Crippen LogP contribution in [0.3, 0.4) is 0 Å². The van der Waals surface area contributed by atoms with E-state index >= 15 is 0 Å². The molecule has 1 heterocycles. The third-order valence-corrected chi connectivity index (χ3v) is 2.30. The molecule has 2 unspecified atom stereocenters. The minimum atomic E-state index is -1.90. The Bertz CT molecular complexity index is 255. The molecule has 2 N–H and O–H groups in total. The molecule has 6 heteroatoms. The van der Waals surface area contributed by atoms with E-state index in [4.69, 9.17) is 21.5 Å². The molecule has 0 aliphatic carbocycles. The monoisotopic (exact) mass is 207 g/mol. The van der Waals surface area contributed by atoms with E-state index in [1.165, 1.54) is 0 Å². The third-order valence-electron chi connectivity index (χ3n) is 2.07. The number of oxime groups is 1. The normalized spacial score (nSPS) is 26.1. The molecule has 0 amide bonds. The van der Waals surface area contributed by atoms with Gasteiger partial charge in [0.05, 0.1) is 0 Å². The molecule has 0 fully saturated rings. The van der Waals surface area contributed by atoms with Crippen LogP contribution < -0.4 is 0 Å². The minimum Gasteiger partial charge on any atom is -0.479 e. The summed E-state index contributed by atoms with van der Waals surface area (Å²) in [5.74, 6) is -1.32. The number of rotatable bonds is 3. The van der Waals surface area contributed by atoms with Crippen molar-refractivity contribution in [3.05, 3.63) is 0 Å². The smallest absolute Gasteiger partial charge is 0.339 e. The minimum absolute atomic E-state index is 0.0483. The van der Waals surface area contributed by atoms with E-state index in [1.807, 2.05) is 0 Å². The second-order valence-corrected chi connectivity index (χ2v) is 3.28. The number of aliphatic carboxylic acids is 1. The molecule has 0 saturated carbocycles. The fourth-order valence-electron chi connectivity index (χ4n) is 1.12. The van der Waals surface area contributed by atoms with Crippen LogP contribution in [-0.4, -0.2) is 33.1 Å². The van der Waals surface area contributed by atoms with Gasteiger partial charge in [-0.1, -0.05) is 23.7 Å². The first-order valence-electron chi connectivity index (χ1n) is 3.84. The van der Waals surface area contributed by atoms with E-state index in [9.17, 15) is 9.90 Å². The molecule has 0 aromatic rings. The molecular formula is C7H10ClNO4. The molecule has 0 spiro atoms. The highest BCUT2D eigenvalue weighted by atomic mass is 35.5. The Labute approximate surface area is 79.9 Å². The first-order chi connectivity index (χ1) is 6.00. The average molecular weight is 208 g/mol. The SMILES string of the molecule is CCC(O)(C(=O)O)C1CC(Cl)=NO1. The van der Waals surface area contributed by atoms with Crippen molar-refractivity contribution in [2.24, 2.45) is 5.16 Å². The van der Waals surface area contributed by atoms with Crippen molar-refractivity contribution < 1.29 is 19.8 Å². The number of aliphatic hydroxyl groups is 1. The number of halogens is 1. The maximum Gasteiger partial charge on any atom is 0.339 e. The number of carbonyl (C=O) groups is 1. The highest BCUT2D eigenvalue weighted by Gasteiger charge is 2.47. The summed E-state index contributed by atoms with van der Waals surface area (Å²) in [6, 6.07) is 0. The van der Waals surface area contributed by atoms with Gasteiger partial charge in [-0.3, -0.25) is 0 Å². The second kappa shape index (κ2) is 3.51. The van der Waals surface area contributed by atoms with Gasteiger partial charge in [0, 0.05) is 6.42 Å². The van der Waals surface area contributed by atoms with Crippen LogP contribution in [0.2, 0.25) is 0 Å². The van der Waals surface area contributed by atoms with Gasteiger partial charge in [-0.25, -0.2) is 4.79 Å². The molecule has 1 rings (SSSR count). The zero-order valence-corrected chi connectivity index (χ0v) is 7.78. The van der Waals surface area contributed by atoms with Crippen molar-refractivity contribution >= 4 is 22.7 Å². The molecule has 0 saturated heterocycles. The Morgan fingerprint density at radius 2 is 2.54 bits per heavy atom. The van der Waals surface area contributed by atoms with Crippen LogP contribution in [0.4, 0.5) is 0 Å². The van der Waals surface area contributed by atoms with E-state index < -0.39 is 17.7 Å². The van der Waals surface area contributed by atoms with Crippen molar-refractivity contribution in [2.75, 3.05) is 0 Å².